The van der Waals surface area contributed by atoms with Gasteiger partial charge in [0.05, 0.1) is 11.7 Å². The van der Waals surface area contributed by atoms with Crippen LogP contribution < -0.4 is 0 Å². The summed E-state index contributed by atoms with van der Waals surface area (Å²) in [7, 11) is 0. The van der Waals surface area contributed by atoms with Crippen LogP contribution >= 0.6 is 11.3 Å². The van der Waals surface area contributed by atoms with Crippen molar-refractivity contribution < 1.29 is 14.1 Å². The fourth-order valence-corrected chi connectivity index (χ4v) is 3.08. The van der Waals surface area contributed by atoms with E-state index in [0.29, 0.717) is 28.7 Å². The number of carbonyl (C=O) groups is 1. The first kappa shape index (κ1) is 18.0. The molecular weight excluding hydrogens is 380 g/mol. The quantitative estimate of drug-likeness (QED) is 0.458. The van der Waals surface area contributed by atoms with Crippen molar-refractivity contribution >= 4 is 17.3 Å². The first-order valence-electron chi connectivity index (χ1n) is 8.53. The zero-order valence-electron chi connectivity index (χ0n) is 15.1. The average Bonchev–Trinajstić information content (AvgIpc) is 3.43. The molecule has 3 heterocycles. The van der Waals surface area contributed by atoms with E-state index in [1.165, 1.54) is 4.80 Å². The summed E-state index contributed by atoms with van der Waals surface area (Å²) < 4.78 is 10.5. The van der Waals surface area contributed by atoms with Crippen LogP contribution in [-0.4, -0.2) is 42.4 Å². The van der Waals surface area contributed by atoms with E-state index in [0.717, 1.165) is 5.56 Å². The maximum atomic E-state index is 12.1. The van der Waals surface area contributed by atoms with Crippen LogP contribution in [0, 0.1) is 0 Å². The molecule has 0 bridgehead atoms. The van der Waals surface area contributed by atoms with E-state index in [4.69, 9.17) is 9.26 Å². The second kappa shape index (κ2) is 7.69. The molecule has 4 rings (SSSR count). The van der Waals surface area contributed by atoms with Crippen molar-refractivity contribution in [1.29, 1.82) is 0 Å². The zero-order chi connectivity index (χ0) is 19.5. The predicted molar refractivity (Wildman–Crippen MR) is 101 cm³/mol. The minimum Gasteiger partial charge on any atom is -0.459 e. The van der Waals surface area contributed by atoms with Crippen LogP contribution in [-0.2, 0) is 11.3 Å². The molecule has 0 aliphatic carbocycles. The van der Waals surface area contributed by atoms with E-state index in [9.17, 15) is 4.79 Å². The third kappa shape index (κ3) is 3.96. The van der Waals surface area contributed by atoms with Gasteiger partial charge in [0.25, 0.3) is 5.89 Å². The van der Waals surface area contributed by atoms with Gasteiger partial charge in [-0.2, -0.15) is 21.1 Å². The Morgan fingerprint density at radius 2 is 2.14 bits per heavy atom. The number of thiophene rings is 1. The van der Waals surface area contributed by atoms with Crippen molar-refractivity contribution in [2.24, 2.45) is 0 Å². The number of carbonyl (C=O) groups excluding carboxylic acids is 1. The number of nitrogens with zero attached hydrogens (tertiary/aromatic N) is 6. The molecular formula is C18H16N6O3S. The van der Waals surface area contributed by atoms with Gasteiger partial charge >= 0.3 is 5.97 Å². The Hall–Kier alpha value is -3.40. The number of ether oxygens (including phenoxy) is 1. The van der Waals surface area contributed by atoms with Gasteiger partial charge in [-0.15, -0.1) is 10.2 Å². The Balaban J connectivity index is 1.50. The van der Waals surface area contributed by atoms with Gasteiger partial charge in [-0.1, -0.05) is 17.3 Å². The summed E-state index contributed by atoms with van der Waals surface area (Å²) in [5, 5.41) is 20.2. The molecule has 0 atom stereocenters. The minimum atomic E-state index is -0.393. The van der Waals surface area contributed by atoms with Gasteiger partial charge < -0.3 is 9.26 Å². The highest BCUT2D eigenvalue weighted by Crippen LogP contribution is 2.19. The summed E-state index contributed by atoms with van der Waals surface area (Å²) in [6.45, 7) is 3.80. The van der Waals surface area contributed by atoms with E-state index in [2.05, 4.69) is 25.6 Å². The number of esters is 1. The molecule has 0 saturated carbocycles. The van der Waals surface area contributed by atoms with E-state index in [-0.39, 0.29) is 12.6 Å². The summed E-state index contributed by atoms with van der Waals surface area (Å²) in [5.74, 6) is 0.889. The highest BCUT2D eigenvalue weighted by Gasteiger charge is 2.14. The highest BCUT2D eigenvalue weighted by atomic mass is 32.1. The Labute approximate surface area is 164 Å². The van der Waals surface area contributed by atoms with Crippen molar-refractivity contribution in [2.75, 3.05) is 0 Å². The lowest BCUT2D eigenvalue weighted by atomic mass is 10.1. The number of hydrogen-bond acceptors (Lipinski definition) is 9. The molecule has 9 nitrogen and oxygen atoms in total. The van der Waals surface area contributed by atoms with E-state index in [1.807, 2.05) is 16.8 Å². The Morgan fingerprint density at radius 3 is 2.93 bits per heavy atom. The Bertz CT molecular complexity index is 1090. The largest absolute Gasteiger partial charge is 0.459 e. The van der Waals surface area contributed by atoms with E-state index < -0.39 is 5.97 Å². The second-order valence-electron chi connectivity index (χ2n) is 6.20. The van der Waals surface area contributed by atoms with Gasteiger partial charge in [-0.3, -0.25) is 0 Å². The van der Waals surface area contributed by atoms with Gasteiger partial charge in [0.2, 0.25) is 11.6 Å². The standard InChI is InChI=1S/C18H16N6O3S/c1-11(2)26-18(25)13-5-3-4-12(8-13)17-20-23-24(21-17)9-15-19-16(22-27-15)14-6-7-28-10-14/h3-8,10-11H,9H2,1-2H3. The van der Waals surface area contributed by atoms with Crippen molar-refractivity contribution in [3.63, 3.8) is 0 Å². The highest BCUT2D eigenvalue weighted by molar-refractivity contribution is 7.08. The minimum absolute atomic E-state index is 0.191. The lowest BCUT2D eigenvalue weighted by Crippen LogP contribution is -2.11. The van der Waals surface area contributed by atoms with Gasteiger partial charge in [0, 0.05) is 16.5 Å². The summed E-state index contributed by atoms with van der Waals surface area (Å²) in [6, 6.07) is 8.83. The molecule has 0 radical (unpaired) electrons. The summed E-state index contributed by atoms with van der Waals surface area (Å²) in [4.78, 5) is 17.8. The third-order valence-corrected chi connectivity index (χ3v) is 4.36. The fraction of sp³-hybridized carbons (Fsp3) is 0.222. The molecule has 0 aliphatic heterocycles. The van der Waals surface area contributed by atoms with Crippen LogP contribution in [0.3, 0.4) is 0 Å². The maximum Gasteiger partial charge on any atom is 0.338 e. The van der Waals surface area contributed by atoms with Crippen molar-refractivity contribution in [2.45, 2.75) is 26.5 Å². The monoisotopic (exact) mass is 396 g/mol. The van der Waals surface area contributed by atoms with Crippen molar-refractivity contribution in [3.8, 4) is 22.8 Å². The molecule has 0 amide bonds. The van der Waals surface area contributed by atoms with Crippen molar-refractivity contribution in [1.82, 2.24) is 30.3 Å². The van der Waals surface area contributed by atoms with Gasteiger partial charge in [0.15, 0.2) is 0 Å². The van der Waals surface area contributed by atoms with Crippen LogP contribution in [0.15, 0.2) is 45.6 Å². The molecule has 142 valence electrons. The molecule has 4 aromatic rings. The number of aromatic nitrogens is 6. The molecule has 0 saturated heterocycles. The maximum absolute atomic E-state index is 12.1. The molecule has 3 aromatic heterocycles. The number of benzene rings is 1. The Morgan fingerprint density at radius 1 is 1.25 bits per heavy atom. The van der Waals surface area contributed by atoms with E-state index >= 15 is 0 Å². The molecule has 0 N–H and O–H groups in total. The molecule has 0 fully saturated rings. The zero-order valence-corrected chi connectivity index (χ0v) is 16.0. The van der Waals surface area contributed by atoms with Crippen LogP contribution in [0.5, 0.6) is 0 Å². The SMILES string of the molecule is CC(C)OC(=O)c1cccc(-c2nnn(Cc3nc(-c4ccsc4)no3)n2)c1. The average molecular weight is 396 g/mol. The first-order valence-corrected chi connectivity index (χ1v) is 9.47. The van der Waals surface area contributed by atoms with Gasteiger partial charge in [-0.05, 0) is 42.6 Å². The van der Waals surface area contributed by atoms with Gasteiger partial charge in [-0.25, -0.2) is 4.79 Å². The molecule has 1 aromatic carbocycles. The summed E-state index contributed by atoms with van der Waals surface area (Å²) in [6.07, 6.45) is -0.191. The smallest absolute Gasteiger partial charge is 0.338 e. The lowest BCUT2D eigenvalue weighted by molar-refractivity contribution is 0.0378. The van der Waals surface area contributed by atoms with Crippen LogP contribution in [0.2, 0.25) is 0 Å². The number of hydrogen-bond donors (Lipinski definition) is 0. The number of tetrazole rings is 1. The van der Waals surface area contributed by atoms with Crippen molar-refractivity contribution in [3.05, 3.63) is 52.5 Å². The topological polar surface area (TPSA) is 109 Å². The third-order valence-electron chi connectivity index (χ3n) is 3.68. The van der Waals surface area contributed by atoms with Gasteiger partial charge in [0.1, 0.15) is 6.54 Å². The summed E-state index contributed by atoms with van der Waals surface area (Å²) >= 11 is 1.56. The molecule has 28 heavy (non-hydrogen) atoms. The van der Waals surface area contributed by atoms with Crippen LogP contribution in [0.1, 0.15) is 30.1 Å². The summed E-state index contributed by atoms with van der Waals surface area (Å²) in [5.41, 5.74) is 1.99. The molecule has 0 spiro atoms. The van der Waals surface area contributed by atoms with Crippen LogP contribution in [0.25, 0.3) is 22.8 Å². The van der Waals surface area contributed by atoms with Crippen LogP contribution in [0.4, 0.5) is 0 Å². The predicted octanol–water partition coefficient (Wildman–Crippen LogP) is 3.07. The normalized spacial score (nSPS) is 11.1. The van der Waals surface area contributed by atoms with E-state index in [1.54, 1.807) is 49.4 Å². The lowest BCUT2D eigenvalue weighted by Gasteiger charge is -2.08. The molecule has 0 aliphatic rings. The molecule has 0 unspecified atom stereocenters. The Kier molecular flexibility index (Phi) is 4.94. The second-order valence-corrected chi connectivity index (χ2v) is 6.98. The fourth-order valence-electron chi connectivity index (χ4n) is 2.44. The first-order chi connectivity index (χ1) is 13.6. The molecule has 10 heteroatoms. The number of rotatable bonds is 6.